The van der Waals surface area contributed by atoms with Crippen molar-refractivity contribution < 1.29 is 37.3 Å². The Morgan fingerprint density at radius 3 is 1.12 bits per heavy atom. The molecule has 0 aliphatic carbocycles. The topological polar surface area (TPSA) is 114 Å². The number of ether oxygens (including phenoxy) is 1. The lowest BCUT2D eigenvalue weighted by molar-refractivity contribution is -0.870. The van der Waals surface area contributed by atoms with Crippen LogP contribution in [0.5, 0.6) is 0 Å². The number of carbonyl (C=O) groups excluding carboxylic acids is 2. The summed E-state index contributed by atoms with van der Waals surface area (Å²) in [5.41, 5.74) is 0. The first-order valence-electron chi connectivity index (χ1n) is 35.9. The van der Waals surface area contributed by atoms with Crippen molar-refractivity contribution in [3.05, 3.63) is 48.6 Å². The maximum Gasteiger partial charge on any atom is 0.306 e. The molecular formula is C73H139N2O7P. The van der Waals surface area contributed by atoms with Gasteiger partial charge in [-0.05, 0) is 70.3 Å². The van der Waals surface area contributed by atoms with Gasteiger partial charge in [-0.2, -0.15) is 0 Å². The van der Waals surface area contributed by atoms with E-state index in [4.69, 9.17) is 13.8 Å². The fourth-order valence-electron chi connectivity index (χ4n) is 10.7. The number of phosphoric acid groups is 1. The average Bonchev–Trinajstić information content (AvgIpc) is 3.46. The van der Waals surface area contributed by atoms with Crippen molar-refractivity contribution in [3.8, 4) is 0 Å². The Morgan fingerprint density at radius 1 is 0.422 bits per heavy atom. The first-order chi connectivity index (χ1) is 40.4. The molecule has 3 atom stereocenters. The summed E-state index contributed by atoms with van der Waals surface area (Å²) in [7, 11) is 1.20. The van der Waals surface area contributed by atoms with Gasteiger partial charge in [-0.25, -0.2) is 0 Å². The van der Waals surface area contributed by atoms with Crippen LogP contribution in [0.2, 0.25) is 0 Å². The molecule has 0 rings (SSSR count). The molecule has 0 saturated carbocycles. The van der Waals surface area contributed by atoms with Gasteiger partial charge in [0.05, 0.1) is 33.8 Å². The molecule has 0 aliphatic rings. The SMILES string of the molecule is CCCCC/C=C\C/C=C\C/C=C\CCCCCCCCCCCCCCC(=O)NC(COP(=O)([O-])OCC[N+](C)(C)C)C(/C=C\CCCCCCCCCCCCC)OC(=O)CCCCCCCCCCCCCCCCCCCCC. The Balaban J connectivity index is 5.07. The molecule has 3 unspecified atom stereocenters. The van der Waals surface area contributed by atoms with E-state index in [0.29, 0.717) is 17.4 Å². The normalized spacial score (nSPS) is 13.8. The number of hydrogen-bond donors (Lipinski definition) is 1. The van der Waals surface area contributed by atoms with Gasteiger partial charge in [0, 0.05) is 12.8 Å². The predicted molar refractivity (Wildman–Crippen MR) is 358 cm³/mol. The van der Waals surface area contributed by atoms with Gasteiger partial charge in [-0.3, -0.25) is 14.2 Å². The van der Waals surface area contributed by atoms with Gasteiger partial charge in [0.2, 0.25) is 5.91 Å². The number of nitrogens with one attached hydrogen (secondary N) is 1. The van der Waals surface area contributed by atoms with E-state index in [-0.39, 0.29) is 31.5 Å². The Hall–Kier alpha value is -2.03. The van der Waals surface area contributed by atoms with Gasteiger partial charge < -0.3 is 28.5 Å². The molecule has 0 aliphatic heterocycles. The second kappa shape index (κ2) is 63.0. The van der Waals surface area contributed by atoms with Crippen molar-refractivity contribution in [2.45, 2.75) is 367 Å². The highest BCUT2D eigenvalue weighted by Crippen LogP contribution is 2.38. The molecule has 0 radical (unpaired) electrons. The lowest BCUT2D eigenvalue weighted by atomic mass is 10.0. The third-order valence-electron chi connectivity index (χ3n) is 16.3. The van der Waals surface area contributed by atoms with Crippen LogP contribution in [0, 0.1) is 0 Å². The summed E-state index contributed by atoms with van der Waals surface area (Å²) in [4.78, 5) is 40.2. The maximum absolute atomic E-state index is 13.6. The lowest BCUT2D eigenvalue weighted by Gasteiger charge is -2.30. The van der Waals surface area contributed by atoms with E-state index in [1.807, 2.05) is 33.3 Å². The number of carbonyl (C=O) groups is 2. The molecule has 1 N–H and O–H groups in total. The van der Waals surface area contributed by atoms with Crippen molar-refractivity contribution in [2.75, 3.05) is 40.9 Å². The first-order valence-corrected chi connectivity index (χ1v) is 37.4. The van der Waals surface area contributed by atoms with Crippen molar-refractivity contribution in [1.29, 1.82) is 0 Å². The molecule has 0 heterocycles. The molecule has 9 nitrogen and oxygen atoms in total. The summed E-state index contributed by atoms with van der Waals surface area (Å²) in [5.74, 6) is -0.524. The minimum atomic E-state index is -4.70. The number of nitrogens with zero attached hydrogens (tertiary/aromatic N) is 1. The Bertz CT molecular complexity index is 1560. The molecule has 0 bridgehead atoms. The standard InChI is InChI=1S/C73H139N2O7P/c1-7-10-13-16-19-22-25-28-30-32-34-35-36-37-38-39-41-42-44-47-50-53-56-59-62-65-72(76)74-70(69-81-83(78,79)80-68-67-75(4,5)6)71(64-61-58-55-52-49-46-27-24-21-18-15-12-9-3)82-73(77)66-63-60-57-54-51-48-45-43-40-33-31-29-26-23-20-17-14-11-8-2/h19,22,28,30,34-35,61,64,70-71H,7-18,20-21,23-27,29,31-33,36-60,62-63,65-69H2,1-6H3,(H-,74,76,78,79)/b22-19-,30-28-,35-34-,64-61-. The number of unbranched alkanes of at least 4 members (excludes halogenated alkanes) is 44. The largest absolute Gasteiger partial charge is 0.756 e. The first kappa shape index (κ1) is 81.0. The zero-order valence-corrected chi connectivity index (χ0v) is 56.8. The summed E-state index contributed by atoms with van der Waals surface area (Å²) in [6.07, 6.45) is 79.4. The summed E-state index contributed by atoms with van der Waals surface area (Å²) >= 11 is 0. The highest BCUT2D eigenvalue weighted by molar-refractivity contribution is 7.45. The van der Waals surface area contributed by atoms with Gasteiger partial charge in [0.1, 0.15) is 19.3 Å². The molecule has 1 amide bonds. The van der Waals surface area contributed by atoms with E-state index in [0.717, 1.165) is 70.6 Å². The van der Waals surface area contributed by atoms with Crippen LogP contribution >= 0.6 is 7.82 Å². The second-order valence-electron chi connectivity index (χ2n) is 25.7. The van der Waals surface area contributed by atoms with Crippen LogP contribution in [0.25, 0.3) is 0 Å². The molecule has 0 fully saturated rings. The molecule has 0 aromatic heterocycles. The van der Waals surface area contributed by atoms with E-state index in [2.05, 4.69) is 62.5 Å². The van der Waals surface area contributed by atoms with E-state index in [9.17, 15) is 19.0 Å². The summed E-state index contributed by atoms with van der Waals surface area (Å²) in [6, 6.07) is -0.888. The van der Waals surface area contributed by atoms with Crippen molar-refractivity contribution in [1.82, 2.24) is 5.32 Å². The number of phosphoric ester groups is 1. The minimum Gasteiger partial charge on any atom is -0.756 e. The molecular weight excluding hydrogens is 1050 g/mol. The molecule has 0 spiro atoms. The number of esters is 1. The van der Waals surface area contributed by atoms with Gasteiger partial charge in [0.25, 0.3) is 7.82 Å². The van der Waals surface area contributed by atoms with Crippen molar-refractivity contribution in [3.63, 3.8) is 0 Å². The molecule has 0 aromatic rings. The van der Waals surface area contributed by atoms with Gasteiger partial charge in [-0.15, -0.1) is 0 Å². The fraction of sp³-hybridized carbons (Fsp3) is 0.863. The van der Waals surface area contributed by atoms with Crippen LogP contribution in [0.1, 0.15) is 355 Å². The number of hydrogen-bond acceptors (Lipinski definition) is 7. The molecule has 83 heavy (non-hydrogen) atoms. The molecule has 0 aromatic carbocycles. The van der Waals surface area contributed by atoms with Crippen molar-refractivity contribution >= 4 is 19.7 Å². The Kier molecular flexibility index (Phi) is 61.5. The Labute approximate surface area is 516 Å². The Morgan fingerprint density at radius 2 is 0.735 bits per heavy atom. The van der Waals surface area contributed by atoms with E-state index < -0.39 is 20.0 Å². The lowest BCUT2D eigenvalue weighted by Crippen LogP contribution is -2.47. The second-order valence-corrected chi connectivity index (χ2v) is 27.2. The highest BCUT2D eigenvalue weighted by Gasteiger charge is 2.27. The van der Waals surface area contributed by atoms with Crippen LogP contribution < -0.4 is 10.2 Å². The van der Waals surface area contributed by atoms with E-state index in [1.54, 1.807) is 0 Å². The van der Waals surface area contributed by atoms with Crippen LogP contribution in [0.4, 0.5) is 0 Å². The van der Waals surface area contributed by atoms with Crippen LogP contribution in [-0.4, -0.2) is 69.4 Å². The summed E-state index contributed by atoms with van der Waals surface area (Å²) < 4.78 is 30.5. The van der Waals surface area contributed by atoms with Gasteiger partial charge in [0.15, 0.2) is 0 Å². The number of allylic oxidation sites excluding steroid dienone is 7. The average molecular weight is 1190 g/mol. The minimum absolute atomic E-state index is 0.0207. The number of likely N-dealkylation sites (N-methyl/N-ethyl adjacent to an activating group) is 1. The number of rotatable bonds is 66. The van der Waals surface area contributed by atoms with E-state index in [1.165, 1.54) is 250 Å². The number of amides is 1. The zero-order valence-electron chi connectivity index (χ0n) is 55.9. The fourth-order valence-corrected chi connectivity index (χ4v) is 11.4. The zero-order chi connectivity index (χ0) is 60.7. The van der Waals surface area contributed by atoms with Crippen LogP contribution in [-0.2, 0) is 27.9 Å². The third-order valence-corrected chi connectivity index (χ3v) is 17.2. The highest BCUT2D eigenvalue weighted by atomic mass is 31.2. The van der Waals surface area contributed by atoms with Crippen molar-refractivity contribution in [2.24, 2.45) is 0 Å². The predicted octanol–water partition coefficient (Wildman–Crippen LogP) is 22.2. The molecule has 10 heteroatoms. The quantitative estimate of drug-likeness (QED) is 0.0212. The smallest absolute Gasteiger partial charge is 0.306 e. The van der Waals surface area contributed by atoms with Crippen LogP contribution in [0.3, 0.4) is 0 Å². The summed E-state index contributed by atoms with van der Waals surface area (Å²) in [6.45, 7) is 6.87. The van der Waals surface area contributed by atoms with Crippen LogP contribution in [0.15, 0.2) is 48.6 Å². The molecule has 488 valence electrons. The third kappa shape index (κ3) is 64.3. The molecule has 0 saturated heterocycles. The van der Waals surface area contributed by atoms with E-state index >= 15 is 0 Å². The summed E-state index contributed by atoms with van der Waals surface area (Å²) in [5, 5.41) is 3.05. The van der Waals surface area contributed by atoms with Gasteiger partial charge >= 0.3 is 5.97 Å². The maximum atomic E-state index is 13.6. The number of quaternary nitrogens is 1. The van der Waals surface area contributed by atoms with Gasteiger partial charge in [-0.1, -0.05) is 320 Å². The monoisotopic (exact) mass is 1190 g/mol.